The summed E-state index contributed by atoms with van der Waals surface area (Å²) in [6.07, 6.45) is -5.16. The van der Waals surface area contributed by atoms with E-state index in [0.717, 1.165) is 10.7 Å². The third-order valence-corrected chi connectivity index (χ3v) is 3.31. The van der Waals surface area contributed by atoms with Gasteiger partial charge >= 0.3 is 6.18 Å². The molecule has 1 atom stereocenters. The van der Waals surface area contributed by atoms with Gasteiger partial charge in [0.15, 0.2) is 0 Å². The molecule has 1 heterocycles. The fourth-order valence-electron chi connectivity index (χ4n) is 1.91. The summed E-state index contributed by atoms with van der Waals surface area (Å²) in [5.74, 6) is 0.104. The van der Waals surface area contributed by atoms with Crippen LogP contribution in [0.2, 0.25) is 0 Å². The van der Waals surface area contributed by atoms with Crippen molar-refractivity contribution in [1.82, 2.24) is 9.78 Å². The zero-order valence-electron chi connectivity index (χ0n) is 11.7. The molecule has 0 aliphatic rings. The lowest BCUT2D eigenvalue weighted by molar-refractivity contribution is -0.142. The highest BCUT2D eigenvalue weighted by Gasteiger charge is 2.35. The number of alkyl halides is 4. The van der Waals surface area contributed by atoms with Crippen LogP contribution in [0.15, 0.2) is 30.3 Å². The molecule has 4 nitrogen and oxygen atoms in total. The summed E-state index contributed by atoms with van der Waals surface area (Å²) in [5.41, 5.74) is 0.456. The van der Waals surface area contributed by atoms with Crippen LogP contribution in [-0.4, -0.2) is 33.4 Å². The fraction of sp³-hybridized carbons (Fsp3) is 0.357. The number of hydrogen-bond acceptors (Lipinski definition) is 3. The van der Waals surface area contributed by atoms with Crippen LogP contribution < -0.4 is 5.32 Å². The Hall–Kier alpha value is -1.73. The molecular weight excluding hydrogens is 319 g/mol. The van der Waals surface area contributed by atoms with Gasteiger partial charge in [-0.2, -0.15) is 18.3 Å². The lowest BCUT2D eigenvalue weighted by Gasteiger charge is -2.12. The van der Waals surface area contributed by atoms with Crippen LogP contribution in [0.4, 0.5) is 18.9 Å². The molecule has 22 heavy (non-hydrogen) atoms. The van der Waals surface area contributed by atoms with E-state index >= 15 is 0 Å². The molecule has 1 unspecified atom stereocenters. The Morgan fingerprint density at radius 2 is 1.95 bits per heavy atom. The topological polar surface area (TPSA) is 50.1 Å². The molecule has 0 bridgehead atoms. The molecule has 8 heteroatoms. The van der Waals surface area contributed by atoms with Crippen molar-refractivity contribution in [2.24, 2.45) is 0 Å². The van der Waals surface area contributed by atoms with Crippen LogP contribution in [-0.2, 0) is 6.18 Å². The summed E-state index contributed by atoms with van der Waals surface area (Å²) in [6.45, 7) is 1.77. The van der Waals surface area contributed by atoms with Crippen molar-refractivity contribution in [3.8, 4) is 5.69 Å². The van der Waals surface area contributed by atoms with Crippen LogP contribution in [0, 0.1) is 6.92 Å². The Morgan fingerprint density at radius 3 is 2.50 bits per heavy atom. The van der Waals surface area contributed by atoms with Crippen LogP contribution in [0.5, 0.6) is 0 Å². The minimum absolute atomic E-state index is 0.104. The SMILES string of the molecule is Cc1cc(C(F)(F)F)n(-c2ccc(NCC(O)CCl)cc2)n1. The lowest BCUT2D eigenvalue weighted by Crippen LogP contribution is -2.20. The largest absolute Gasteiger partial charge is 0.433 e. The van der Waals surface area contributed by atoms with Crippen LogP contribution >= 0.6 is 11.6 Å². The Bertz CT molecular complexity index is 625. The number of aliphatic hydroxyl groups is 1. The van der Waals surface area contributed by atoms with Gasteiger partial charge in [-0.3, -0.25) is 0 Å². The van der Waals surface area contributed by atoms with E-state index in [1.807, 2.05) is 0 Å². The van der Waals surface area contributed by atoms with E-state index in [2.05, 4.69) is 10.4 Å². The van der Waals surface area contributed by atoms with Gasteiger partial charge in [-0.15, -0.1) is 11.6 Å². The molecule has 0 aliphatic heterocycles. The molecule has 0 fully saturated rings. The molecule has 0 saturated heterocycles. The van der Waals surface area contributed by atoms with Crippen LogP contribution in [0.25, 0.3) is 5.69 Å². The van der Waals surface area contributed by atoms with E-state index in [-0.39, 0.29) is 12.4 Å². The molecule has 0 aliphatic carbocycles. The lowest BCUT2D eigenvalue weighted by atomic mass is 10.2. The molecule has 120 valence electrons. The number of rotatable bonds is 5. The molecule has 0 saturated carbocycles. The zero-order chi connectivity index (χ0) is 16.3. The molecule has 0 radical (unpaired) electrons. The summed E-state index contributed by atoms with van der Waals surface area (Å²) >= 11 is 5.48. The van der Waals surface area contributed by atoms with Crippen molar-refractivity contribution in [1.29, 1.82) is 0 Å². The van der Waals surface area contributed by atoms with E-state index in [1.165, 1.54) is 19.1 Å². The van der Waals surface area contributed by atoms with E-state index in [9.17, 15) is 18.3 Å². The van der Waals surface area contributed by atoms with Crippen molar-refractivity contribution >= 4 is 17.3 Å². The van der Waals surface area contributed by atoms with Gasteiger partial charge in [0.05, 0.1) is 23.4 Å². The summed E-state index contributed by atoms with van der Waals surface area (Å²) in [5, 5.41) is 16.2. The van der Waals surface area contributed by atoms with Gasteiger partial charge in [0, 0.05) is 12.2 Å². The Kier molecular flexibility index (Phi) is 4.97. The zero-order valence-corrected chi connectivity index (χ0v) is 12.5. The van der Waals surface area contributed by atoms with E-state index in [0.29, 0.717) is 17.1 Å². The normalized spacial score (nSPS) is 13.2. The Balaban J connectivity index is 2.21. The molecule has 0 spiro atoms. The van der Waals surface area contributed by atoms with Gasteiger partial charge in [0.25, 0.3) is 0 Å². The van der Waals surface area contributed by atoms with Crippen molar-refractivity contribution < 1.29 is 18.3 Å². The maximum Gasteiger partial charge on any atom is 0.433 e. The second-order valence-electron chi connectivity index (χ2n) is 4.82. The van der Waals surface area contributed by atoms with Gasteiger partial charge in [-0.05, 0) is 37.3 Å². The monoisotopic (exact) mass is 333 g/mol. The van der Waals surface area contributed by atoms with Gasteiger partial charge in [-0.25, -0.2) is 4.68 Å². The summed E-state index contributed by atoms with van der Waals surface area (Å²) in [6, 6.07) is 7.29. The number of nitrogens with zero attached hydrogens (tertiary/aromatic N) is 2. The second-order valence-corrected chi connectivity index (χ2v) is 5.13. The highest BCUT2D eigenvalue weighted by atomic mass is 35.5. The molecule has 2 aromatic rings. The minimum atomic E-state index is -4.47. The van der Waals surface area contributed by atoms with Crippen LogP contribution in [0.1, 0.15) is 11.4 Å². The number of hydrogen-bond donors (Lipinski definition) is 2. The Morgan fingerprint density at radius 1 is 1.32 bits per heavy atom. The van der Waals surface area contributed by atoms with Gasteiger partial charge < -0.3 is 10.4 Å². The average molecular weight is 334 g/mol. The first-order chi connectivity index (χ1) is 10.3. The van der Waals surface area contributed by atoms with Gasteiger partial charge in [-0.1, -0.05) is 0 Å². The summed E-state index contributed by atoms with van der Waals surface area (Å²) in [7, 11) is 0. The first-order valence-electron chi connectivity index (χ1n) is 6.53. The molecule has 0 amide bonds. The molecule has 1 aromatic carbocycles. The summed E-state index contributed by atoms with van der Waals surface area (Å²) < 4.78 is 39.8. The van der Waals surface area contributed by atoms with Crippen molar-refractivity contribution in [2.45, 2.75) is 19.2 Å². The van der Waals surface area contributed by atoms with Gasteiger partial charge in [0.2, 0.25) is 0 Å². The van der Waals surface area contributed by atoms with Crippen molar-refractivity contribution in [3.63, 3.8) is 0 Å². The van der Waals surface area contributed by atoms with Crippen LogP contribution in [0.3, 0.4) is 0 Å². The molecular formula is C14H15ClF3N3O. The molecule has 2 rings (SSSR count). The third-order valence-electron chi connectivity index (χ3n) is 2.95. The van der Waals surface area contributed by atoms with E-state index in [4.69, 9.17) is 11.6 Å². The van der Waals surface area contributed by atoms with Crippen molar-refractivity contribution in [3.05, 3.63) is 41.7 Å². The smallest absolute Gasteiger partial charge is 0.390 e. The Labute approximate surface area is 130 Å². The predicted molar refractivity (Wildman–Crippen MR) is 78.5 cm³/mol. The number of anilines is 1. The maximum absolute atomic E-state index is 13.0. The number of aryl methyl sites for hydroxylation is 1. The fourth-order valence-corrected chi connectivity index (χ4v) is 2.02. The number of benzene rings is 1. The summed E-state index contributed by atoms with van der Waals surface area (Å²) in [4.78, 5) is 0. The predicted octanol–water partition coefficient (Wildman–Crippen LogP) is 3.21. The third kappa shape index (κ3) is 3.92. The first-order valence-corrected chi connectivity index (χ1v) is 7.07. The molecule has 1 aromatic heterocycles. The maximum atomic E-state index is 13.0. The highest BCUT2D eigenvalue weighted by Crippen LogP contribution is 2.31. The van der Waals surface area contributed by atoms with E-state index < -0.39 is 18.0 Å². The number of aliphatic hydroxyl groups excluding tert-OH is 1. The minimum Gasteiger partial charge on any atom is -0.390 e. The number of nitrogens with one attached hydrogen (secondary N) is 1. The standard InChI is InChI=1S/C14H15ClF3N3O/c1-9-6-13(14(16,17)18)21(20-9)11-4-2-10(3-5-11)19-8-12(22)7-15/h2-6,12,19,22H,7-8H2,1H3. The average Bonchev–Trinajstić information content (AvgIpc) is 2.87. The first kappa shape index (κ1) is 16.6. The van der Waals surface area contributed by atoms with Crippen molar-refractivity contribution in [2.75, 3.05) is 17.7 Å². The van der Waals surface area contributed by atoms with Gasteiger partial charge in [0.1, 0.15) is 5.69 Å². The second kappa shape index (κ2) is 6.58. The number of aromatic nitrogens is 2. The molecule has 2 N–H and O–H groups in total. The highest BCUT2D eigenvalue weighted by molar-refractivity contribution is 6.18. The quantitative estimate of drug-likeness (QED) is 0.826. The van der Waals surface area contributed by atoms with E-state index in [1.54, 1.807) is 12.1 Å². The number of halogens is 4.